The van der Waals surface area contributed by atoms with E-state index >= 15 is 0 Å². The summed E-state index contributed by atoms with van der Waals surface area (Å²) in [6, 6.07) is 11.5. The summed E-state index contributed by atoms with van der Waals surface area (Å²) < 4.78 is 0. The monoisotopic (exact) mass is 344 g/mol. The summed E-state index contributed by atoms with van der Waals surface area (Å²) >= 11 is 1.41. The standard InChI is InChI=1S/C19H24N2O2S/c1-3-21(4-2)14-15-7-5-8-16(13-15)20-19(23)11-10-17(22)18-9-6-12-24-18/h5-9,12-13H,3-4,10-11,14H2,1-2H3,(H,20,23). The molecule has 0 aliphatic rings. The number of benzene rings is 1. The number of ketones is 1. The Morgan fingerprint density at radius 1 is 1.08 bits per heavy atom. The minimum atomic E-state index is -0.125. The van der Waals surface area contributed by atoms with Gasteiger partial charge in [-0.3, -0.25) is 14.5 Å². The van der Waals surface area contributed by atoms with Crippen molar-refractivity contribution in [3.8, 4) is 0 Å². The fourth-order valence-electron chi connectivity index (χ4n) is 2.46. The molecule has 0 radical (unpaired) electrons. The predicted octanol–water partition coefficient (Wildman–Crippen LogP) is 4.19. The lowest BCUT2D eigenvalue weighted by atomic mass is 10.1. The van der Waals surface area contributed by atoms with Crippen LogP contribution in [0.4, 0.5) is 5.69 Å². The van der Waals surface area contributed by atoms with Crippen molar-refractivity contribution in [1.82, 2.24) is 4.90 Å². The van der Waals surface area contributed by atoms with E-state index in [1.807, 2.05) is 29.6 Å². The molecule has 128 valence electrons. The van der Waals surface area contributed by atoms with Gasteiger partial charge < -0.3 is 5.32 Å². The minimum Gasteiger partial charge on any atom is -0.326 e. The molecule has 1 amide bonds. The number of amides is 1. The molecule has 24 heavy (non-hydrogen) atoms. The zero-order chi connectivity index (χ0) is 17.4. The number of anilines is 1. The molecule has 0 spiro atoms. The number of thiophene rings is 1. The molecule has 2 aromatic rings. The van der Waals surface area contributed by atoms with E-state index in [0.717, 1.165) is 25.3 Å². The minimum absolute atomic E-state index is 0.0236. The number of nitrogens with zero attached hydrogens (tertiary/aromatic N) is 1. The van der Waals surface area contributed by atoms with Gasteiger partial charge in [0.2, 0.25) is 5.91 Å². The molecule has 1 aromatic carbocycles. The lowest BCUT2D eigenvalue weighted by molar-refractivity contribution is -0.116. The zero-order valence-corrected chi connectivity index (χ0v) is 15.1. The highest BCUT2D eigenvalue weighted by Crippen LogP contribution is 2.15. The molecule has 0 unspecified atom stereocenters. The van der Waals surface area contributed by atoms with Gasteiger partial charge in [-0.25, -0.2) is 0 Å². The molecule has 1 heterocycles. The summed E-state index contributed by atoms with van der Waals surface area (Å²) in [5.74, 6) is -0.102. The fraction of sp³-hybridized carbons (Fsp3) is 0.368. The van der Waals surface area contributed by atoms with Crippen LogP contribution in [0, 0.1) is 0 Å². The molecule has 0 saturated carbocycles. The number of carbonyl (C=O) groups is 2. The predicted molar refractivity (Wildman–Crippen MR) is 99.6 cm³/mol. The van der Waals surface area contributed by atoms with E-state index in [9.17, 15) is 9.59 Å². The normalized spacial score (nSPS) is 10.8. The fourth-order valence-corrected chi connectivity index (χ4v) is 3.16. The first-order valence-electron chi connectivity index (χ1n) is 8.30. The van der Waals surface area contributed by atoms with Crippen LogP contribution in [0.2, 0.25) is 0 Å². The molecule has 4 nitrogen and oxygen atoms in total. The van der Waals surface area contributed by atoms with Gasteiger partial charge in [0.1, 0.15) is 0 Å². The Balaban J connectivity index is 1.86. The first-order valence-corrected chi connectivity index (χ1v) is 9.18. The second-order valence-corrected chi connectivity index (χ2v) is 6.56. The number of hydrogen-bond donors (Lipinski definition) is 1. The van der Waals surface area contributed by atoms with Crippen LogP contribution in [0.15, 0.2) is 41.8 Å². The van der Waals surface area contributed by atoms with Crippen molar-refractivity contribution in [3.05, 3.63) is 52.2 Å². The van der Waals surface area contributed by atoms with Crippen LogP contribution in [-0.2, 0) is 11.3 Å². The number of nitrogens with one attached hydrogen (secondary N) is 1. The first-order chi connectivity index (χ1) is 11.6. The largest absolute Gasteiger partial charge is 0.326 e. The second-order valence-electron chi connectivity index (χ2n) is 5.61. The lowest BCUT2D eigenvalue weighted by Gasteiger charge is -2.18. The van der Waals surface area contributed by atoms with Crippen LogP contribution in [0.5, 0.6) is 0 Å². The molecule has 5 heteroatoms. The van der Waals surface area contributed by atoms with Crippen molar-refractivity contribution in [2.75, 3.05) is 18.4 Å². The van der Waals surface area contributed by atoms with Crippen LogP contribution >= 0.6 is 11.3 Å². The van der Waals surface area contributed by atoms with E-state index in [0.29, 0.717) is 4.88 Å². The Morgan fingerprint density at radius 3 is 2.54 bits per heavy atom. The maximum Gasteiger partial charge on any atom is 0.224 e. The summed E-state index contributed by atoms with van der Waals surface area (Å²) in [5, 5.41) is 4.76. The third kappa shape index (κ3) is 5.58. The average molecular weight is 344 g/mol. The molecule has 1 aromatic heterocycles. The van der Waals surface area contributed by atoms with E-state index in [1.165, 1.54) is 16.9 Å². The number of rotatable bonds is 9. The van der Waals surface area contributed by atoms with Crippen molar-refractivity contribution in [3.63, 3.8) is 0 Å². The molecular formula is C19H24N2O2S. The van der Waals surface area contributed by atoms with Crippen LogP contribution in [0.25, 0.3) is 0 Å². The SMILES string of the molecule is CCN(CC)Cc1cccc(NC(=O)CCC(=O)c2cccs2)c1. The van der Waals surface area contributed by atoms with Gasteiger partial charge in [0.05, 0.1) is 4.88 Å². The van der Waals surface area contributed by atoms with Crippen LogP contribution in [-0.4, -0.2) is 29.7 Å². The Labute approximate surface area is 147 Å². The van der Waals surface area contributed by atoms with E-state index in [-0.39, 0.29) is 24.5 Å². The second kappa shape index (κ2) is 9.35. The maximum atomic E-state index is 12.1. The summed E-state index contributed by atoms with van der Waals surface area (Å²) in [6.45, 7) is 7.14. The Hall–Kier alpha value is -1.98. The van der Waals surface area contributed by atoms with Gasteiger partial charge in [-0.1, -0.05) is 32.0 Å². The van der Waals surface area contributed by atoms with Crippen molar-refractivity contribution in [1.29, 1.82) is 0 Å². The third-order valence-corrected chi connectivity index (χ3v) is 4.80. The number of hydrogen-bond acceptors (Lipinski definition) is 4. The molecule has 0 fully saturated rings. The van der Waals surface area contributed by atoms with E-state index in [1.54, 1.807) is 6.07 Å². The number of carbonyl (C=O) groups excluding carboxylic acids is 2. The van der Waals surface area contributed by atoms with E-state index < -0.39 is 0 Å². The van der Waals surface area contributed by atoms with Crippen LogP contribution in [0.1, 0.15) is 41.9 Å². The quantitative estimate of drug-likeness (QED) is 0.694. The highest BCUT2D eigenvalue weighted by molar-refractivity contribution is 7.12. The van der Waals surface area contributed by atoms with Gasteiger partial charge in [0.15, 0.2) is 5.78 Å². The van der Waals surface area contributed by atoms with Gasteiger partial charge in [-0.05, 0) is 42.2 Å². The maximum absolute atomic E-state index is 12.1. The van der Waals surface area contributed by atoms with Gasteiger partial charge in [-0.15, -0.1) is 11.3 Å². The van der Waals surface area contributed by atoms with E-state index in [4.69, 9.17) is 0 Å². The van der Waals surface area contributed by atoms with Crippen LogP contribution < -0.4 is 5.32 Å². The highest BCUT2D eigenvalue weighted by Gasteiger charge is 2.10. The molecule has 2 rings (SSSR count). The molecular weight excluding hydrogens is 320 g/mol. The highest BCUT2D eigenvalue weighted by atomic mass is 32.1. The summed E-state index contributed by atoms with van der Waals surface area (Å²) in [4.78, 5) is 27.0. The first kappa shape index (κ1) is 18.4. The topological polar surface area (TPSA) is 49.4 Å². The molecule has 0 aliphatic heterocycles. The van der Waals surface area contributed by atoms with Crippen molar-refractivity contribution in [2.45, 2.75) is 33.2 Å². The Bertz CT molecular complexity index is 664. The van der Waals surface area contributed by atoms with Gasteiger partial charge >= 0.3 is 0 Å². The molecule has 0 bridgehead atoms. The molecule has 0 saturated heterocycles. The Morgan fingerprint density at radius 2 is 1.88 bits per heavy atom. The summed E-state index contributed by atoms with van der Waals surface area (Å²) in [7, 11) is 0. The molecule has 0 atom stereocenters. The summed E-state index contributed by atoms with van der Waals surface area (Å²) in [5.41, 5.74) is 1.96. The third-order valence-electron chi connectivity index (χ3n) is 3.89. The van der Waals surface area contributed by atoms with Crippen molar-refractivity contribution < 1.29 is 9.59 Å². The van der Waals surface area contributed by atoms with Gasteiger partial charge in [0, 0.05) is 25.1 Å². The smallest absolute Gasteiger partial charge is 0.224 e. The van der Waals surface area contributed by atoms with Gasteiger partial charge in [0.25, 0.3) is 0 Å². The van der Waals surface area contributed by atoms with Crippen molar-refractivity contribution in [2.24, 2.45) is 0 Å². The van der Waals surface area contributed by atoms with Gasteiger partial charge in [-0.2, -0.15) is 0 Å². The summed E-state index contributed by atoms with van der Waals surface area (Å²) in [6.07, 6.45) is 0.447. The van der Waals surface area contributed by atoms with Crippen LogP contribution in [0.3, 0.4) is 0 Å². The van der Waals surface area contributed by atoms with E-state index in [2.05, 4.69) is 30.1 Å². The zero-order valence-electron chi connectivity index (χ0n) is 14.2. The number of Topliss-reactive ketones (excluding diaryl/α,β-unsaturated/α-hetero) is 1. The van der Waals surface area contributed by atoms with Crippen molar-refractivity contribution >= 4 is 28.7 Å². The average Bonchev–Trinajstić information content (AvgIpc) is 3.12. The lowest BCUT2D eigenvalue weighted by Crippen LogP contribution is -2.22. The molecule has 0 aliphatic carbocycles. The molecule has 1 N–H and O–H groups in total. The Kier molecular flexibility index (Phi) is 7.15.